The predicted molar refractivity (Wildman–Crippen MR) is 157 cm³/mol. The summed E-state index contributed by atoms with van der Waals surface area (Å²) >= 11 is 0. The summed E-state index contributed by atoms with van der Waals surface area (Å²) in [5, 5.41) is 3.57. The third-order valence-corrected chi connectivity index (χ3v) is 12.9. The van der Waals surface area contributed by atoms with E-state index in [1.165, 1.54) is 15.9 Å². The number of carbonyl (C=O) groups excluding carboxylic acids is 2. The summed E-state index contributed by atoms with van der Waals surface area (Å²) in [6.45, 7) is 2.94. The Balaban J connectivity index is 0.00000353. The van der Waals surface area contributed by atoms with E-state index in [1.54, 1.807) is 11.8 Å². The molecule has 42 heavy (non-hydrogen) atoms. The highest BCUT2D eigenvalue weighted by atomic mass is 79.9. The van der Waals surface area contributed by atoms with Crippen LogP contribution in [0.1, 0.15) is 24.4 Å². The zero-order valence-electron chi connectivity index (χ0n) is 23.2. The van der Waals surface area contributed by atoms with Gasteiger partial charge in [-0.3, -0.25) is 4.79 Å². The number of hydrogen-bond donors (Lipinski definition) is 0. The van der Waals surface area contributed by atoms with Gasteiger partial charge in [0, 0.05) is 26.1 Å². The molecule has 0 radical (unpaired) electrons. The molecule has 8 nitrogen and oxygen atoms in total. The molecule has 0 N–H and O–H groups in total. The van der Waals surface area contributed by atoms with Crippen LogP contribution in [0.15, 0.2) is 105 Å². The van der Waals surface area contributed by atoms with Crippen molar-refractivity contribution in [1.29, 1.82) is 0 Å². The monoisotopic (exact) mass is 650 g/mol. The number of aryl methyl sites for hydroxylation is 1. The number of rotatable bonds is 7. The Labute approximate surface area is 255 Å². The summed E-state index contributed by atoms with van der Waals surface area (Å²) < 4.78 is 15.2. The normalized spacial score (nSPS) is 18.6. The Morgan fingerprint density at radius 2 is 1.38 bits per heavy atom. The molecule has 2 atom stereocenters. The summed E-state index contributed by atoms with van der Waals surface area (Å²) in [5.74, 6) is -0.194. The minimum atomic E-state index is -2.36. The van der Waals surface area contributed by atoms with Crippen molar-refractivity contribution in [1.82, 2.24) is 9.80 Å². The maximum atomic E-state index is 14.5. The number of hydrogen-bond acceptors (Lipinski definition) is 6. The molecule has 0 bridgehead atoms. The van der Waals surface area contributed by atoms with Gasteiger partial charge in [0.1, 0.15) is 23.2 Å². The van der Waals surface area contributed by atoms with Crippen molar-refractivity contribution < 1.29 is 40.1 Å². The van der Waals surface area contributed by atoms with Gasteiger partial charge in [-0.2, -0.15) is 0 Å². The molecule has 10 heteroatoms. The van der Waals surface area contributed by atoms with E-state index in [2.05, 4.69) is 72.8 Å². The molecule has 0 saturated carbocycles. The molecule has 218 valence electrons. The van der Waals surface area contributed by atoms with E-state index in [9.17, 15) is 14.4 Å². The highest BCUT2D eigenvalue weighted by molar-refractivity contribution is 7.96. The van der Waals surface area contributed by atoms with E-state index in [1.807, 2.05) is 23.1 Å². The first-order valence-corrected chi connectivity index (χ1v) is 15.7. The van der Waals surface area contributed by atoms with Crippen LogP contribution in [-0.4, -0.2) is 53.1 Å². The van der Waals surface area contributed by atoms with E-state index in [0.29, 0.717) is 26.1 Å². The quantitative estimate of drug-likeness (QED) is 0.276. The van der Waals surface area contributed by atoms with Gasteiger partial charge in [0.15, 0.2) is 23.8 Å². The lowest BCUT2D eigenvalue weighted by molar-refractivity contribution is -0.129. The Morgan fingerprint density at radius 1 is 0.833 bits per heavy atom. The van der Waals surface area contributed by atoms with E-state index in [-0.39, 0.29) is 52.7 Å². The second-order valence-corrected chi connectivity index (χ2v) is 14.1. The molecule has 3 heterocycles. The van der Waals surface area contributed by atoms with E-state index in [0.717, 1.165) is 6.42 Å². The maximum Gasteiger partial charge on any atom is 0.519 e. The SMILES string of the molecule is Cc1oc(=O)oc1COC(=O)N1CCC(N2CC[C@@H]([P+](c3ccccc3)(c3ccccc3)c3ccccc3)C2=O)C1.[Br-]. The molecule has 4 aromatic rings. The van der Waals surface area contributed by atoms with Gasteiger partial charge < -0.3 is 40.4 Å². The first kappa shape index (κ1) is 29.8. The van der Waals surface area contributed by atoms with Gasteiger partial charge in [0.25, 0.3) is 5.91 Å². The van der Waals surface area contributed by atoms with Crippen LogP contribution in [0.3, 0.4) is 0 Å². The molecular formula is C32H32BrN2O6P. The fourth-order valence-electron chi connectivity index (χ4n) is 6.27. The fraction of sp³-hybridized carbons (Fsp3) is 0.281. The molecule has 1 unspecified atom stereocenters. The van der Waals surface area contributed by atoms with E-state index in [4.69, 9.17) is 13.6 Å². The zero-order valence-corrected chi connectivity index (χ0v) is 25.7. The topological polar surface area (TPSA) is 93.2 Å². The first-order chi connectivity index (χ1) is 20.0. The second-order valence-electron chi connectivity index (χ2n) is 10.4. The second kappa shape index (κ2) is 12.7. The van der Waals surface area contributed by atoms with Crippen molar-refractivity contribution in [3.8, 4) is 0 Å². The fourth-order valence-corrected chi connectivity index (χ4v) is 11.2. The number of halogens is 1. The van der Waals surface area contributed by atoms with Gasteiger partial charge >= 0.3 is 11.9 Å². The van der Waals surface area contributed by atoms with Crippen LogP contribution in [0.25, 0.3) is 0 Å². The molecule has 0 spiro atoms. The number of carbonyl (C=O) groups is 2. The third kappa shape index (κ3) is 5.43. The van der Waals surface area contributed by atoms with Gasteiger partial charge in [-0.1, -0.05) is 54.6 Å². The van der Waals surface area contributed by atoms with Crippen molar-refractivity contribution in [2.75, 3.05) is 19.6 Å². The number of likely N-dealkylation sites (tertiary alicyclic amines) is 2. The Morgan fingerprint density at radius 3 is 1.88 bits per heavy atom. The molecule has 2 saturated heterocycles. The van der Waals surface area contributed by atoms with Crippen molar-refractivity contribution in [2.24, 2.45) is 0 Å². The van der Waals surface area contributed by atoms with Gasteiger partial charge in [-0.15, -0.1) is 0 Å². The Kier molecular flexibility index (Phi) is 8.99. The largest absolute Gasteiger partial charge is 1.00 e. The molecule has 6 rings (SSSR count). The maximum absolute atomic E-state index is 14.5. The molecule has 3 aromatic carbocycles. The summed E-state index contributed by atoms with van der Waals surface area (Å²) in [7, 11) is -2.36. The van der Waals surface area contributed by atoms with Crippen LogP contribution in [-0.2, 0) is 16.1 Å². The smallest absolute Gasteiger partial charge is 0.519 e. The standard InChI is InChI=1S/C32H32N2O6P.BrH/c1-23-28(40-32(37)39-23)22-38-31(36)33-19-17-24(21-33)34-20-18-29(30(34)35)41(25-11-5-2-6-12-25,26-13-7-3-8-14-26)27-15-9-4-10-16-27;/h2-16,24,29H,17-22H2,1H3;1H/q+1;/p-1/t24?,29-;/m1./s1. The van der Waals surface area contributed by atoms with Crippen LogP contribution in [0.4, 0.5) is 4.79 Å². The highest BCUT2D eigenvalue weighted by Gasteiger charge is 2.59. The minimum Gasteiger partial charge on any atom is -1.00 e. The lowest BCUT2D eigenvalue weighted by atomic mass is 10.2. The Hall–Kier alpha value is -3.68. The summed E-state index contributed by atoms with van der Waals surface area (Å²) in [4.78, 5) is 42.2. The summed E-state index contributed by atoms with van der Waals surface area (Å²) in [6, 6.07) is 31.3. The molecule has 2 aliphatic heterocycles. The van der Waals surface area contributed by atoms with Crippen molar-refractivity contribution in [3.05, 3.63) is 113 Å². The summed E-state index contributed by atoms with van der Waals surface area (Å²) in [5.41, 5.74) is -0.206. The van der Waals surface area contributed by atoms with Crippen LogP contribution >= 0.6 is 7.26 Å². The van der Waals surface area contributed by atoms with Gasteiger partial charge in [-0.05, 0) is 49.7 Å². The molecule has 2 aliphatic rings. The molecule has 2 fully saturated rings. The number of benzene rings is 3. The predicted octanol–water partition coefficient (Wildman–Crippen LogP) is 0.851. The van der Waals surface area contributed by atoms with Crippen LogP contribution in [0.2, 0.25) is 0 Å². The molecular weight excluding hydrogens is 619 g/mol. The molecule has 1 aromatic heterocycles. The van der Waals surface area contributed by atoms with Crippen LogP contribution < -0.4 is 38.7 Å². The van der Waals surface area contributed by atoms with Crippen LogP contribution in [0, 0.1) is 6.92 Å². The van der Waals surface area contributed by atoms with Gasteiger partial charge in [-0.25, -0.2) is 9.59 Å². The van der Waals surface area contributed by atoms with Gasteiger partial charge in [0.2, 0.25) is 0 Å². The zero-order chi connectivity index (χ0) is 28.4. The van der Waals surface area contributed by atoms with Crippen molar-refractivity contribution in [3.63, 3.8) is 0 Å². The Bertz CT molecular complexity index is 1480. The third-order valence-electron chi connectivity index (χ3n) is 8.19. The average molecular weight is 651 g/mol. The molecule has 2 amide bonds. The number of nitrogens with zero attached hydrogens (tertiary/aromatic N) is 2. The average Bonchev–Trinajstić information content (AvgIpc) is 3.73. The first-order valence-electron chi connectivity index (χ1n) is 13.9. The van der Waals surface area contributed by atoms with Gasteiger partial charge in [0.05, 0.1) is 6.04 Å². The number of ether oxygens (including phenoxy) is 1. The molecule has 0 aliphatic carbocycles. The lowest BCUT2D eigenvalue weighted by Gasteiger charge is -2.32. The van der Waals surface area contributed by atoms with E-state index < -0.39 is 19.2 Å². The van der Waals surface area contributed by atoms with Crippen LogP contribution in [0.5, 0.6) is 0 Å². The lowest BCUT2D eigenvalue weighted by Crippen LogP contribution is -3.00. The van der Waals surface area contributed by atoms with Crippen molar-refractivity contribution in [2.45, 2.75) is 38.1 Å². The van der Waals surface area contributed by atoms with Crippen molar-refractivity contribution >= 4 is 35.2 Å². The minimum absolute atomic E-state index is 0. The highest BCUT2D eigenvalue weighted by Crippen LogP contribution is 2.62. The number of amides is 2. The van der Waals surface area contributed by atoms with E-state index >= 15 is 0 Å². The summed E-state index contributed by atoms with van der Waals surface area (Å²) in [6.07, 6.45) is 0.921.